The number of carbonyl (C=O) groups excluding carboxylic acids is 2. The molecule has 2 atom stereocenters. The summed E-state index contributed by atoms with van der Waals surface area (Å²) >= 11 is 1.64. The Morgan fingerprint density at radius 2 is 2.04 bits per heavy atom. The van der Waals surface area contributed by atoms with E-state index >= 15 is 0 Å². The number of piperazine rings is 1. The van der Waals surface area contributed by atoms with E-state index in [0.717, 1.165) is 57.0 Å². The van der Waals surface area contributed by atoms with Gasteiger partial charge in [-0.25, -0.2) is 4.98 Å². The quantitative estimate of drug-likeness (QED) is 0.827. The predicted molar refractivity (Wildman–Crippen MR) is 106 cm³/mol. The van der Waals surface area contributed by atoms with Gasteiger partial charge < -0.3 is 20.0 Å². The number of hydrogen-bond donors (Lipinski definition) is 1. The van der Waals surface area contributed by atoms with Crippen molar-refractivity contribution in [2.24, 2.45) is 5.92 Å². The van der Waals surface area contributed by atoms with E-state index in [1.165, 1.54) is 0 Å². The van der Waals surface area contributed by atoms with Crippen LogP contribution in [0.1, 0.15) is 30.7 Å². The highest BCUT2D eigenvalue weighted by Crippen LogP contribution is 2.21. The van der Waals surface area contributed by atoms with Gasteiger partial charge in [0, 0.05) is 76.3 Å². The fourth-order valence-electron chi connectivity index (χ4n) is 3.84. The van der Waals surface area contributed by atoms with Crippen LogP contribution in [0.25, 0.3) is 0 Å². The average molecular weight is 394 g/mol. The molecule has 2 aliphatic heterocycles. The molecule has 0 spiro atoms. The number of likely N-dealkylation sites (N-methyl/N-ethyl adjacent to an activating group) is 2. The minimum atomic E-state index is -0.180. The Kier molecular flexibility index (Phi) is 7.20. The lowest BCUT2D eigenvalue weighted by Gasteiger charge is -2.34. The van der Waals surface area contributed by atoms with Crippen molar-refractivity contribution in [3.63, 3.8) is 0 Å². The van der Waals surface area contributed by atoms with Crippen LogP contribution in [0.3, 0.4) is 0 Å². The molecule has 1 aromatic heterocycles. The summed E-state index contributed by atoms with van der Waals surface area (Å²) < 4.78 is 0. The van der Waals surface area contributed by atoms with Crippen molar-refractivity contribution in [2.45, 2.75) is 38.3 Å². The van der Waals surface area contributed by atoms with Crippen LogP contribution in [0.2, 0.25) is 0 Å². The van der Waals surface area contributed by atoms with Gasteiger partial charge in [-0.2, -0.15) is 0 Å². The maximum absolute atomic E-state index is 13.0. The molecule has 3 rings (SSSR count). The molecule has 0 radical (unpaired) electrons. The summed E-state index contributed by atoms with van der Waals surface area (Å²) in [6.45, 7) is 4.78. The van der Waals surface area contributed by atoms with E-state index in [9.17, 15) is 9.59 Å². The third-order valence-corrected chi connectivity index (χ3v) is 6.42. The van der Waals surface area contributed by atoms with Gasteiger partial charge in [-0.1, -0.05) is 6.42 Å². The molecule has 0 aliphatic carbocycles. The fraction of sp³-hybridized carbons (Fsp3) is 0.737. The molecule has 0 unspecified atom stereocenters. The molecule has 3 heterocycles. The zero-order valence-electron chi connectivity index (χ0n) is 16.4. The van der Waals surface area contributed by atoms with Crippen LogP contribution in [-0.4, -0.2) is 84.4 Å². The van der Waals surface area contributed by atoms with Crippen LogP contribution in [-0.2, 0) is 16.1 Å². The topological polar surface area (TPSA) is 68.8 Å². The summed E-state index contributed by atoms with van der Waals surface area (Å²) in [6.07, 6.45) is 4.87. The Balaban J connectivity index is 1.57. The lowest BCUT2D eigenvalue weighted by molar-refractivity contribution is -0.142. The predicted octanol–water partition coefficient (Wildman–Crippen LogP) is 1.02. The molecule has 0 aromatic carbocycles. The van der Waals surface area contributed by atoms with Gasteiger partial charge in [-0.3, -0.25) is 9.59 Å². The number of hydrogen-bond acceptors (Lipinski definition) is 6. The van der Waals surface area contributed by atoms with E-state index < -0.39 is 0 Å². The van der Waals surface area contributed by atoms with Crippen LogP contribution in [0.4, 0.5) is 0 Å². The van der Waals surface area contributed by atoms with Crippen molar-refractivity contribution in [1.29, 1.82) is 0 Å². The lowest BCUT2D eigenvalue weighted by Crippen LogP contribution is -2.49. The molecule has 1 aromatic rings. The number of amides is 2. The maximum atomic E-state index is 13.0. The second-order valence-corrected chi connectivity index (χ2v) is 8.72. The minimum Gasteiger partial charge on any atom is -0.344 e. The van der Waals surface area contributed by atoms with Gasteiger partial charge >= 0.3 is 0 Å². The maximum Gasteiger partial charge on any atom is 0.226 e. The third-order valence-electron chi connectivity index (χ3n) is 5.64. The highest BCUT2D eigenvalue weighted by atomic mass is 32.1. The van der Waals surface area contributed by atoms with Gasteiger partial charge in [-0.05, 0) is 19.9 Å². The molecular weight excluding hydrogens is 362 g/mol. The van der Waals surface area contributed by atoms with Gasteiger partial charge in [0.2, 0.25) is 11.8 Å². The molecule has 0 bridgehead atoms. The summed E-state index contributed by atoms with van der Waals surface area (Å²) in [5.41, 5.74) is 0. The summed E-state index contributed by atoms with van der Waals surface area (Å²) in [4.78, 5) is 35.9. The average Bonchev–Trinajstić information content (AvgIpc) is 3.19. The molecule has 150 valence electrons. The Morgan fingerprint density at radius 1 is 1.26 bits per heavy atom. The van der Waals surface area contributed by atoms with E-state index in [0.29, 0.717) is 13.0 Å². The first-order valence-electron chi connectivity index (χ1n) is 9.86. The molecule has 0 saturated carbocycles. The summed E-state index contributed by atoms with van der Waals surface area (Å²) in [5, 5.41) is 6.57. The minimum absolute atomic E-state index is 0.0745. The number of aromatic nitrogens is 1. The fourth-order valence-corrected chi connectivity index (χ4v) is 4.40. The molecule has 2 fully saturated rings. The van der Waals surface area contributed by atoms with Crippen molar-refractivity contribution in [1.82, 2.24) is 25.0 Å². The van der Waals surface area contributed by atoms with Crippen LogP contribution < -0.4 is 5.32 Å². The number of rotatable bonds is 4. The highest BCUT2D eigenvalue weighted by molar-refractivity contribution is 7.09. The first kappa shape index (κ1) is 20.2. The third kappa shape index (κ3) is 5.73. The molecule has 27 heavy (non-hydrogen) atoms. The SMILES string of the molecule is CN1CCN(C(=O)[C@@H]2CCC[C@@H](NCc3nccs3)CN(C)C(=O)C2)CC1. The first-order chi connectivity index (χ1) is 13.0. The zero-order chi connectivity index (χ0) is 19.2. The van der Waals surface area contributed by atoms with Crippen LogP contribution in [0, 0.1) is 5.92 Å². The molecule has 2 aliphatic rings. The lowest BCUT2D eigenvalue weighted by atomic mass is 9.95. The van der Waals surface area contributed by atoms with Crippen molar-refractivity contribution in [2.75, 3.05) is 46.8 Å². The number of carbonyl (C=O) groups is 2. The molecule has 1 N–H and O–H groups in total. The van der Waals surface area contributed by atoms with E-state index in [-0.39, 0.29) is 23.8 Å². The number of nitrogens with zero attached hydrogens (tertiary/aromatic N) is 4. The van der Waals surface area contributed by atoms with Crippen LogP contribution in [0.5, 0.6) is 0 Å². The van der Waals surface area contributed by atoms with Crippen molar-refractivity contribution in [3.05, 3.63) is 16.6 Å². The zero-order valence-corrected chi connectivity index (χ0v) is 17.2. The number of nitrogens with one attached hydrogen (secondary N) is 1. The van der Waals surface area contributed by atoms with Gasteiger partial charge in [0.1, 0.15) is 5.01 Å². The van der Waals surface area contributed by atoms with Gasteiger partial charge in [-0.15, -0.1) is 11.3 Å². The highest BCUT2D eigenvalue weighted by Gasteiger charge is 2.31. The molecule has 8 heteroatoms. The van der Waals surface area contributed by atoms with E-state index in [4.69, 9.17) is 0 Å². The van der Waals surface area contributed by atoms with E-state index in [2.05, 4.69) is 22.2 Å². The summed E-state index contributed by atoms with van der Waals surface area (Å²) in [7, 11) is 3.93. The van der Waals surface area contributed by atoms with Gasteiger partial charge in [0.25, 0.3) is 0 Å². The Hall–Kier alpha value is -1.51. The normalized spacial score (nSPS) is 25.8. The van der Waals surface area contributed by atoms with Gasteiger partial charge in [0.05, 0.1) is 0 Å². The van der Waals surface area contributed by atoms with E-state index in [1.807, 2.05) is 23.5 Å². The summed E-state index contributed by atoms with van der Waals surface area (Å²) in [6, 6.07) is 0.236. The Morgan fingerprint density at radius 3 is 2.74 bits per heavy atom. The smallest absolute Gasteiger partial charge is 0.226 e. The standard InChI is InChI=1S/C19H31N5O2S/c1-22-7-9-24(10-8-22)19(26)15-4-3-5-16(14-23(2)18(25)12-15)21-13-17-20-6-11-27-17/h6,11,15-16,21H,3-5,7-10,12-14H2,1-2H3/t15-,16-/m1/s1. The van der Waals surface area contributed by atoms with Crippen LogP contribution >= 0.6 is 11.3 Å². The van der Waals surface area contributed by atoms with Crippen molar-refractivity contribution < 1.29 is 9.59 Å². The van der Waals surface area contributed by atoms with E-state index in [1.54, 1.807) is 16.2 Å². The largest absolute Gasteiger partial charge is 0.344 e. The Bertz CT molecular complexity index is 616. The molecule has 2 amide bonds. The van der Waals surface area contributed by atoms with Crippen molar-refractivity contribution >= 4 is 23.2 Å². The molecule has 7 nitrogen and oxygen atoms in total. The second-order valence-electron chi connectivity index (χ2n) is 7.74. The molecular formula is C19H31N5O2S. The summed E-state index contributed by atoms with van der Waals surface area (Å²) in [5.74, 6) is 0.0607. The molecule has 2 saturated heterocycles. The van der Waals surface area contributed by atoms with Crippen LogP contribution in [0.15, 0.2) is 11.6 Å². The Labute approximate surface area is 165 Å². The van der Waals surface area contributed by atoms with Gasteiger partial charge in [0.15, 0.2) is 0 Å². The van der Waals surface area contributed by atoms with Crippen molar-refractivity contribution in [3.8, 4) is 0 Å². The second kappa shape index (κ2) is 9.61. The number of thiazole rings is 1. The first-order valence-corrected chi connectivity index (χ1v) is 10.7. The monoisotopic (exact) mass is 393 g/mol.